The van der Waals surface area contributed by atoms with Crippen molar-refractivity contribution in [2.75, 3.05) is 31.6 Å². The summed E-state index contributed by atoms with van der Waals surface area (Å²) in [5.74, 6) is 0. The maximum Gasteiger partial charge on any atom is 0.0614 e. The van der Waals surface area contributed by atoms with E-state index in [1.54, 1.807) is 0 Å². The first kappa shape index (κ1) is 13.4. The van der Waals surface area contributed by atoms with E-state index in [1.807, 2.05) is 7.05 Å². The topological polar surface area (TPSA) is 35.5 Å². The smallest absolute Gasteiger partial charge is 0.0614 e. The van der Waals surface area contributed by atoms with Crippen LogP contribution in [0.1, 0.15) is 24.0 Å². The summed E-state index contributed by atoms with van der Waals surface area (Å²) in [5, 5.41) is 12.8. The fraction of sp³-hybridized carbons (Fsp3) is 0.600. The third-order valence-electron chi connectivity index (χ3n) is 4.47. The molecule has 3 nitrogen and oxygen atoms in total. The fourth-order valence-electron chi connectivity index (χ4n) is 2.74. The Balaban J connectivity index is 2.12. The molecule has 0 saturated carbocycles. The molecule has 1 fully saturated rings. The van der Waals surface area contributed by atoms with Gasteiger partial charge in [0.05, 0.1) is 6.61 Å². The third-order valence-corrected chi connectivity index (χ3v) is 4.47. The highest BCUT2D eigenvalue weighted by molar-refractivity contribution is 5.56. The van der Waals surface area contributed by atoms with Crippen LogP contribution in [-0.4, -0.2) is 37.4 Å². The molecule has 0 atom stereocenters. The van der Waals surface area contributed by atoms with E-state index in [9.17, 15) is 5.11 Å². The number of hydrogen-bond donors (Lipinski definition) is 2. The summed E-state index contributed by atoms with van der Waals surface area (Å²) < 4.78 is 0. The number of aliphatic hydroxyl groups is 1. The third kappa shape index (κ3) is 2.38. The molecule has 3 heteroatoms. The molecule has 0 radical (unpaired) electrons. The molecular weight excluding hydrogens is 224 g/mol. The van der Waals surface area contributed by atoms with E-state index in [0.29, 0.717) is 0 Å². The summed E-state index contributed by atoms with van der Waals surface area (Å²) in [6.45, 7) is 6.59. The van der Waals surface area contributed by atoms with E-state index >= 15 is 0 Å². The van der Waals surface area contributed by atoms with Crippen molar-refractivity contribution in [3.63, 3.8) is 0 Å². The molecule has 1 saturated heterocycles. The van der Waals surface area contributed by atoms with Crippen LogP contribution in [0.25, 0.3) is 0 Å². The summed E-state index contributed by atoms with van der Waals surface area (Å²) in [6, 6.07) is 6.49. The molecule has 1 aromatic carbocycles. The van der Waals surface area contributed by atoms with Crippen molar-refractivity contribution < 1.29 is 5.11 Å². The van der Waals surface area contributed by atoms with E-state index in [2.05, 4.69) is 42.3 Å². The molecular formula is C15H24N2O. The van der Waals surface area contributed by atoms with Gasteiger partial charge < -0.3 is 15.3 Å². The molecule has 18 heavy (non-hydrogen) atoms. The number of hydrogen-bond acceptors (Lipinski definition) is 3. The summed E-state index contributed by atoms with van der Waals surface area (Å²) in [7, 11) is 1.95. The average molecular weight is 248 g/mol. The molecule has 1 aliphatic heterocycles. The first-order valence-electron chi connectivity index (χ1n) is 6.73. The van der Waals surface area contributed by atoms with Gasteiger partial charge in [-0.25, -0.2) is 0 Å². The first-order chi connectivity index (χ1) is 8.62. The highest BCUT2D eigenvalue weighted by atomic mass is 16.3. The predicted octanol–water partition coefficient (Wildman–Crippen LogP) is 1.85. The van der Waals surface area contributed by atoms with Crippen molar-refractivity contribution >= 4 is 5.69 Å². The maximum absolute atomic E-state index is 9.52. The minimum Gasteiger partial charge on any atom is -0.394 e. The fourth-order valence-corrected chi connectivity index (χ4v) is 2.74. The predicted molar refractivity (Wildman–Crippen MR) is 76.2 cm³/mol. The van der Waals surface area contributed by atoms with Crippen LogP contribution >= 0.6 is 0 Å². The van der Waals surface area contributed by atoms with Crippen LogP contribution in [0.3, 0.4) is 0 Å². The Bertz CT molecular complexity index is 403. The normalized spacial score (nSPS) is 19.0. The zero-order valence-corrected chi connectivity index (χ0v) is 11.7. The van der Waals surface area contributed by atoms with Crippen molar-refractivity contribution in [3.8, 4) is 0 Å². The Morgan fingerprint density at radius 1 is 1.28 bits per heavy atom. The minimum atomic E-state index is -0.0752. The van der Waals surface area contributed by atoms with Crippen LogP contribution in [0, 0.1) is 13.8 Å². The van der Waals surface area contributed by atoms with Gasteiger partial charge in [-0.2, -0.15) is 0 Å². The number of rotatable bonds is 3. The van der Waals surface area contributed by atoms with Gasteiger partial charge in [-0.1, -0.05) is 12.1 Å². The lowest BCUT2D eigenvalue weighted by Gasteiger charge is -2.42. The molecule has 0 spiro atoms. The number of aryl methyl sites for hydroxylation is 1. The van der Waals surface area contributed by atoms with Crippen molar-refractivity contribution in [3.05, 3.63) is 29.3 Å². The van der Waals surface area contributed by atoms with E-state index in [4.69, 9.17) is 0 Å². The SMILES string of the molecule is CNC1(CO)CCN(c2cccc(C)c2C)CC1. The van der Waals surface area contributed by atoms with Crippen molar-refractivity contribution in [1.29, 1.82) is 0 Å². The average Bonchev–Trinajstić information content (AvgIpc) is 2.42. The summed E-state index contributed by atoms with van der Waals surface area (Å²) >= 11 is 0. The van der Waals surface area contributed by atoms with Gasteiger partial charge in [-0.05, 0) is 50.9 Å². The van der Waals surface area contributed by atoms with Gasteiger partial charge >= 0.3 is 0 Å². The van der Waals surface area contributed by atoms with Crippen LogP contribution in [0.5, 0.6) is 0 Å². The van der Waals surface area contributed by atoms with Gasteiger partial charge in [-0.15, -0.1) is 0 Å². The van der Waals surface area contributed by atoms with Crippen LogP contribution < -0.4 is 10.2 Å². The molecule has 0 unspecified atom stereocenters. The van der Waals surface area contributed by atoms with Gasteiger partial charge in [0.15, 0.2) is 0 Å². The quantitative estimate of drug-likeness (QED) is 0.857. The van der Waals surface area contributed by atoms with Crippen molar-refractivity contribution in [2.24, 2.45) is 0 Å². The van der Waals surface area contributed by atoms with Gasteiger partial charge in [0.1, 0.15) is 0 Å². The van der Waals surface area contributed by atoms with Crippen LogP contribution in [-0.2, 0) is 0 Å². The number of aliphatic hydroxyl groups excluding tert-OH is 1. The molecule has 100 valence electrons. The Labute approximate surface area is 110 Å². The molecule has 0 amide bonds. The minimum absolute atomic E-state index is 0.0752. The Morgan fingerprint density at radius 2 is 1.94 bits per heavy atom. The standard InChI is InChI=1S/C15H24N2O/c1-12-5-4-6-14(13(12)2)17-9-7-15(11-18,16-3)8-10-17/h4-6,16,18H,7-11H2,1-3H3. The molecule has 0 aromatic heterocycles. The van der Waals surface area contributed by atoms with E-state index in [0.717, 1.165) is 25.9 Å². The second-order valence-corrected chi connectivity index (χ2v) is 5.39. The summed E-state index contributed by atoms with van der Waals surface area (Å²) in [5.41, 5.74) is 3.99. The van der Waals surface area contributed by atoms with Gasteiger partial charge in [-0.3, -0.25) is 0 Å². The van der Waals surface area contributed by atoms with Crippen LogP contribution in [0.2, 0.25) is 0 Å². The number of nitrogens with one attached hydrogen (secondary N) is 1. The summed E-state index contributed by atoms with van der Waals surface area (Å²) in [6.07, 6.45) is 1.99. The molecule has 0 bridgehead atoms. The largest absolute Gasteiger partial charge is 0.394 e. The Hall–Kier alpha value is -1.06. The molecule has 1 aromatic rings. The number of benzene rings is 1. The number of anilines is 1. The van der Waals surface area contributed by atoms with E-state index < -0.39 is 0 Å². The van der Waals surface area contributed by atoms with Crippen molar-refractivity contribution in [1.82, 2.24) is 5.32 Å². The lowest BCUT2D eigenvalue weighted by atomic mass is 9.88. The second kappa shape index (κ2) is 5.29. The van der Waals surface area contributed by atoms with Crippen LogP contribution in [0.15, 0.2) is 18.2 Å². The molecule has 2 N–H and O–H groups in total. The number of nitrogens with zero attached hydrogens (tertiary/aromatic N) is 1. The van der Waals surface area contributed by atoms with Crippen LogP contribution in [0.4, 0.5) is 5.69 Å². The molecule has 2 rings (SSSR count). The van der Waals surface area contributed by atoms with Gasteiger partial charge in [0.2, 0.25) is 0 Å². The first-order valence-corrected chi connectivity index (χ1v) is 6.73. The summed E-state index contributed by atoms with van der Waals surface area (Å²) in [4.78, 5) is 2.44. The van der Waals surface area contributed by atoms with Gasteiger partial charge in [0, 0.05) is 24.3 Å². The zero-order chi connectivity index (χ0) is 13.2. The Morgan fingerprint density at radius 3 is 2.50 bits per heavy atom. The molecule has 1 heterocycles. The van der Waals surface area contributed by atoms with Gasteiger partial charge in [0.25, 0.3) is 0 Å². The van der Waals surface area contributed by atoms with E-state index in [1.165, 1.54) is 16.8 Å². The number of likely N-dealkylation sites (N-methyl/N-ethyl adjacent to an activating group) is 1. The van der Waals surface area contributed by atoms with Crippen molar-refractivity contribution in [2.45, 2.75) is 32.2 Å². The molecule has 0 aliphatic carbocycles. The Kier molecular flexibility index (Phi) is 3.93. The highest BCUT2D eigenvalue weighted by Gasteiger charge is 2.32. The monoisotopic (exact) mass is 248 g/mol. The van der Waals surface area contributed by atoms with E-state index in [-0.39, 0.29) is 12.1 Å². The lowest BCUT2D eigenvalue weighted by Crippen LogP contribution is -2.54. The maximum atomic E-state index is 9.52. The molecule has 1 aliphatic rings. The second-order valence-electron chi connectivity index (χ2n) is 5.39. The number of piperidine rings is 1. The zero-order valence-electron chi connectivity index (χ0n) is 11.7. The highest BCUT2D eigenvalue weighted by Crippen LogP contribution is 2.29. The lowest BCUT2D eigenvalue weighted by molar-refractivity contribution is 0.142.